The van der Waals surface area contributed by atoms with Gasteiger partial charge >= 0.3 is 5.97 Å². The lowest BCUT2D eigenvalue weighted by molar-refractivity contribution is -0.145. The van der Waals surface area contributed by atoms with Crippen LogP contribution >= 0.6 is 0 Å². The summed E-state index contributed by atoms with van der Waals surface area (Å²) in [4.78, 5) is 24.4. The number of ketones is 1. The number of nitrogens with zero attached hydrogens (tertiary/aromatic N) is 1. The van der Waals surface area contributed by atoms with E-state index in [0.29, 0.717) is 12.0 Å². The Balaban J connectivity index is 2.69. The van der Waals surface area contributed by atoms with Crippen LogP contribution in [0.2, 0.25) is 0 Å². The Hall–Kier alpha value is -1.32. The average Bonchev–Trinajstić information content (AvgIpc) is 2.46. The summed E-state index contributed by atoms with van der Waals surface area (Å²) in [5, 5.41) is 0. The van der Waals surface area contributed by atoms with Gasteiger partial charge in [-0.1, -0.05) is 0 Å². The van der Waals surface area contributed by atoms with E-state index in [1.54, 1.807) is 6.20 Å². The quantitative estimate of drug-likeness (QED) is 0.480. The SMILES string of the molecule is COC(=O)C1CC(=O)/C(=C/N(C)C)C1. The van der Waals surface area contributed by atoms with Gasteiger partial charge in [0.25, 0.3) is 0 Å². The van der Waals surface area contributed by atoms with Crippen LogP contribution in [0.5, 0.6) is 0 Å². The first kappa shape index (κ1) is 10.8. The highest BCUT2D eigenvalue weighted by Crippen LogP contribution is 2.28. The van der Waals surface area contributed by atoms with Crippen LogP contribution in [0.1, 0.15) is 12.8 Å². The van der Waals surface area contributed by atoms with Gasteiger partial charge in [-0.3, -0.25) is 9.59 Å². The van der Waals surface area contributed by atoms with Crippen molar-refractivity contribution in [3.63, 3.8) is 0 Å². The molecule has 78 valence electrons. The van der Waals surface area contributed by atoms with E-state index in [9.17, 15) is 9.59 Å². The van der Waals surface area contributed by atoms with Crippen LogP contribution in [0, 0.1) is 5.92 Å². The molecule has 1 fully saturated rings. The van der Waals surface area contributed by atoms with Crippen LogP contribution in [0.15, 0.2) is 11.8 Å². The van der Waals surface area contributed by atoms with Gasteiger partial charge in [-0.25, -0.2) is 0 Å². The third kappa shape index (κ3) is 2.34. The summed E-state index contributed by atoms with van der Waals surface area (Å²) < 4.78 is 4.60. The summed E-state index contributed by atoms with van der Waals surface area (Å²) in [5.41, 5.74) is 0.713. The van der Waals surface area contributed by atoms with E-state index in [1.165, 1.54) is 7.11 Å². The van der Waals surface area contributed by atoms with E-state index < -0.39 is 0 Å². The maximum atomic E-state index is 11.4. The first-order chi connectivity index (χ1) is 6.54. The van der Waals surface area contributed by atoms with E-state index >= 15 is 0 Å². The third-order valence-electron chi connectivity index (χ3n) is 2.20. The molecule has 0 spiro atoms. The van der Waals surface area contributed by atoms with Crippen molar-refractivity contribution in [2.24, 2.45) is 5.92 Å². The molecule has 1 saturated carbocycles. The Morgan fingerprint density at radius 3 is 2.64 bits per heavy atom. The van der Waals surface area contributed by atoms with Crippen LogP contribution in [0.3, 0.4) is 0 Å². The fourth-order valence-electron chi connectivity index (χ4n) is 1.58. The normalized spacial score (nSPS) is 24.1. The topological polar surface area (TPSA) is 46.6 Å². The second-order valence-electron chi connectivity index (χ2n) is 3.67. The molecule has 0 bridgehead atoms. The van der Waals surface area contributed by atoms with Gasteiger partial charge < -0.3 is 9.64 Å². The second kappa shape index (κ2) is 4.26. The number of carbonyl (C=O) groups is 2. The first-order valence-electron chi connectivity index (χ1n) is 4.52. The number of allylic oxidation sites excluding steroid dienone is 1. The Kier molecular flexibility index (Phi) is 3.28. The average molecular weight is 197 g/mol. The molecule has 0 aliphatic heterocycles. The maximum absolute atomic E-state index is 11.4. The summed E-state index contributed by atoms with van der Waals surface area (Å²) in [6, 6.07) is 0. The van der Waals surface area contributed by atoms with Crippen LogP contribution in [-0.2, 0) is 14.3 Å². The highest BCUT2D eigenvalue weighted by Gasteiger charge is 2.33. The molecule has 0 heterocycles. The van der Waals surface area contributed by atoms with E-state index in [-0.39, 0.29) is 24.1 Å². The van der Waals surface area contributed by atoms with Gasteiger partial charge in [0, 0.05) is 32.3 Å². The Morgan fingerprint density at radius 1 is 1.50 bits per heavy atom. The smallest absolute Gasteiger partial charge is 0.309 e. The zero-order valence-corrected chi connectivity index (χ0v) is 8.74. The molecule has 0 radical (unpaired) electrons. The number of hydrogen-bond donors (Lipinski definition) is 0. The molecule has 0 aromatic rings. The fourth-order valence-corrected chi connectivity index (χ4v) is 1.58. The highest BCUT2D eigenvalue weighted by atomic mass is 16.5. The zero-order valence-electron chi connectivity index (χ0n) is 8.74. The van der Waals surface area contributed by atoms with E-state index in [4.69, 9.17) is 0 Å². The van der Waals surface area contributed by atoms with Crippen molar-refractivity contribution in [3.05, 3.63) is 11.8 Å². The summed E-state index contributed by atoms with van der Waals surface area (Å²) in [5.74, 6) is -0.520. The second-order valence-corrected chi connectivity index (χ2v) is 3.67. The van der Waals surface area contributed by atoms with Gasteiger partial charge in [0.05, 0.1) is 13.0 Å². The number of esters is 1. The molecule has 14 heavy (non-hydrogen) atoms. The number of methoxy groups -OCH3 is 1. The lowest BCUT2D eigenvalue weighted by Gasteiger charge is -2.06. The molecule has 1 atom stereocenters. The molecule has 0 aromatic heterocycles. The Morgan fingerprint density at radius 2 is 2.14 bits per heavy atom. The largest absolute Gasteiger partial charge is 0.469 e. The fraction of sp³-hybridized carbons (Fsp3) is 0.600. The molecule has 1 aliphatic rings. The minimum Gasteiger partial charge on any atom is -0.469 e. The summed E-state index contributed by atoms with van der Waals surface area (Å²) in [7, 11) is 5.05. The molecule has 1 rings (SSSR count). The van der Waals surface area contributed by atoms with Crippen molar-refractivity contribution in [1.82, 2.24) is 4.90 Å². The van der Waals surface area contributed by atoms with Gasteiger partial charge in [-0.05, 0) is 6.42 Å². The predicted molar refractivity (Wildman–Crippen MR) is 51.5 cm³/mol. The van der Waals surface area contributed by atoms with Gasteiger partial charge in [0.15, 0.2) is 5.78 Å². The van der Waals surface area contributed by atoms with Crippen LogP contribution < -0.4 is 0 Å². The van der Waals surface area contributed by atoms with Crippen molar-refractivity contribution in [2.45, 2.75) is 12.8 Å². The monoisotopic (exact) mass is 197 g/mol. The van der Waals surface area contributed by atoms with E-state index in [2.05, 4.69) is 4.74 Å². The van der Waals surface area contributed by atoms with Crippen molar-refractivity contribution < 1.29 is 14.3 Å². The number of Topliss-reactive ketones (excluding diaryl/α,β-unsaturated/α-hetero) is 1. The van der Waals surface area contributed by atoms with Gasteiger partial charge in [0.1, 0.15) is 0 Å². The molecule has 0 aromatic carbocycles. The van der Waals surface area contributed by atoms with Crippen LogP contribution in [0.25, 0.3) is 0 Å². The van der Waals surface area contributed by atoms with Crippen molar-refractivity contribution >= 4 is 11.8 Å². The standard InChI is InChI=1S/C10H15NO3/c1-11(2)6-8-4-7(5-9(8)12)10(13)14-3/h6-7H,4-5H2,1-3H3/b8-6+. The molecular formula is C10H15NO3. The molecule has 1 aliphatic carbocycles. The number of ether oxygens (including phenoxy) is 1. The van der Waals surface area contributed by atoms with E-state index in [0.717, 1.165) is 0 Å². The van der Waals surface area contributed by atoms with Crippen molar-refractivity contribution in [3.8, 4) is 0 Å². The van der Waals surface area contributed by atoms with E-state index in [1.807, 2.05) is 19.0 Å². The minimum absolute atomic E-state index is 0.0501. The molecular weight excluding hydrogens is 182 g/mol. The predicted octanol–water partition coefficient (Wildman–Crippen LogP) is 0.584. The number of carbonyl (C=O) groups excluding carboxylic acids is 2. The van der Waals surface area contributed by atoms with Gasteiger partial charge in [-0.2, -0.15) is 0 Å². The molecule has 1 unspecified atom stereocenters. The maximum Gasteiger partial charge on any atom is 0.309 e. The number of rotatable bonds is 2. The molecule has 0 amide bonds. The molecule has 4 nitrogen and oxygen atoms in total. The van der Waals surface area contributed by atoms with Gasteiger partial charge in [0.2, 0.25) is 0 Å². The van der Waals surface area contributed by atoms with Crippen molar-refractivity contribution in [1.29, 1.82) is 0 Å². The Bertz CT molecular complexity index is 281. The summed E-state index contributed by atoms with van der Waals surface area (Å²) >= 11 is 0. The first-order valence-corrected chi connectivity index (χ1v) is 4.52. The minimum atomic E-state index is -0.291. The van der Waals surface area contributed by atoms with Crippen molar-refractivity contribution in [2.75, 3.05) is 21.2 Å². The highest BCUT2D eigenvalue weighted by molar-refractivity contribution is 6.01. The molecule has 0 N–H and O–H groups in total. The Labute approximate surface area is 83.5 Å². The van der Waals surface area contributed by atoms with Crippen LogP contribution in [-0.4, -0.2) is 37.9 Å². The lowest BCUT2D eigenvalue weighted by Crippen LogP contribution is -2.12. The van der Waals surface area contributed by atoms with Gasteiger partial charge in [-0.15, -0.1) is 0 Å². The lowest BCUT2D eigenvalue weighted by atomic mass is 10.1. The third-order valence-corrected chi connectivity index (χ3v) is 2.20. The van der Waals surface area contributed by atoms with Crippen LogP contribution in [0.4, 0.5) is 0 Å². The summed E-state index contributed by atoms with van der Waals surface area (Å²) in [6.07, 6.45) is 2.56. The zero-order chi connectivity index (χ0) is 10.7. The molecule has 4 heteroatoms. The molecule has 0 saturated heterocycles. The number of hydrogen-bond acceptors (Lipinski definition) is 4. The summed E-state index contributed by atoms with van der Waals surface area (Å²) in [6.45, 7) is 0.